The minimum atomic E-state index is -0.478. The van der Waals surface area contributed by atoms with Crippen molar-refractivity contribution in [2.75, 3.05) is 19.1 Å². The van der Waals surface area contributed by atoms with Gasteiger partial charge in [0.15, 0.2) is 0 Å². The summed E-state index contributed by atoms with van der Waals surface area (Å²) in [6.07, 6.45) is 2.46. The molecule has 0 bridgehead atoms. The van der Waals surface area contributed by atoms with Crippen molar-refractivity contribution in [3.8, 4) is 5.75 Å². The maximum Gasteiger partial charge on any atom is 0.419 e. The van der Waals surface area contributed by atoms with E-state index in [2.05, 4.69) is 4.74 Å². The highest BCUT2D eigenvalue weighted by Crippen LogP contribution is 2.17. The first-order valence-corrected chi connectivity index (χ1v) is 6.97. The molecule has 0 saturated carbocycles. The van der Waals surface area contributed by atoms with Crippen molar-refractivity contribution in [3.63, 3.8) is 0 Å². The van der Waals surface area contributed by atoms with E-state index in [-0.39, 0.29) is 0 Å². The topological polar surface area (TPSA) is 55.8 Å². The number of esters is 1. The number of ether oxygens (including phenoxy) is 2. The molecule has 0 atom stereocenters. The molecule has 0 aromatic heterocycles. The summed E-state index contributed by atoms with van der Waals surface area (Å²) in [6.45, 7) is 0. The molecular formula is C18H17NO4. The Bertz CT molecular complexity index is 693. The number of hydrogen-bond acceptors (Lipinski definition) is 4. The largest absolute Gasteiger partial charge is 0.466 e. The molecule has 0 spiro atoms. The summed E-state index contributed by atoms with van der Waals surface area (Å²) < 4.78 is 9.82. The third-order valence-electron chi connectivity index (χ3n) is 3.12. The van der Waals surface area contributed by atoms with Gasteiger partial charge in [-0.2, -0.15) is 0 Å². The van der Waals surface area contributed by atoms with Gasteiger partial charge in [0, 0.05) is 18.8 Å². The Morgan fingerprint density at radius 2 is 1.65 bits per heavy atom. The van der Waals surface area contributed by atoms with Gasteiger partial charge in [-0.25, -0.2) is 9.59 Å². The average molecular weight is 311 g/mol. The molecule has 23 heavy (non-hydrogen) atoms. The smallest absolute Gasteiger partial charge is 0.419 e. The van der Waals surface area contributed by atoms with E-state index in [4.69, 9.17) is 4.74 Å². The van der Waals surface area contributed by atoms with Crippen LogP contribution in [0.1, 0.15) is 5.56 Å². The van der Waals surface area contributed by atoms with Crippen molar-refractivity contribution in [1.82, 2.24) is 0 Å². The number of benzene rings is 2. The highest BCUT2D eigenvalue weighted by Gasteiger charge is 2.12. The number of amides is 1. The lowest BCUT2D eigenvalue weighted by Gasteiger charge is -2.16. The predicted molar refractivity (Wildman–Crippen MR) is 88.4 cm³/mol. The first-order chi connectivity index (χ1) is 11.1. The van der Waals surface area contributed by atoms with Crippen LogP contribution in [-0.4, -0.2) is 26.2 Å². The van der Waals surface area contributed by atoms with E-state index in [9.17, 15) is 9.59 Å². The summed E-state index contributed by atoms with van der Waals surface area (Å²) in [5.74, 6) is -0.00186. The Balaban J connectivity index is 1.99. The monoisotopic (exact) mass is 311 g/mol. The van der Waals surface area contributed by atoms with Crippen LogP contribution in [0.25, 0.3) is 6.08 Å². The lowest BCUT2D eigenvalue weighted by Crippen LogP contribution is -2.29. The van der Waals surface area contributed by atoms with Gasteiger partial charge in [-0.1, -0.05) is 30.3 Å². The first-order valence-electron chi connectivity index (χ1n) is 6.97. The van der Waals surface area contributed by atoms with Crippen LogP contribution in [0.5, 0.6) is 5.75 Å². The van der Waals surface area contributed by atoms with Crippen molar-refractivity contribution < 1.29 is 19.1 Å². The number of carbonyl (C=O) groups is 2. The van der Waals surface area contributed by atoms with Crippen molar-refractivity contribution >= 4 is 23.8 Å². The molecule has 0 aliphatic heterocycles. The molecule has 0 saturated heterocycles. The van der Waals surface area contributed by atoms with E-state index in [1.807, 2.05) is 30.3 Å². The van der Waals surface area contributed by atoms with E-state index in [1.165, 1.54) is 18.1 Å². The molecule has 2 aromatic rings. The molecule has 0 aliphatic rings. The molecule has 0 unspecified atom stereocenters. The second-order valence-corrected chi connectivity index (χ2v) is 4.69. The van der Waals surface area contributed by atoms with Gasteiger partial charge in [-0.05, 0) is 35.9 Å². The zero-order chi connectivity index (χ0) is 16.7. The number of nitrogens with zero attached hydrogens (tertiary/aromatic N) is 1. The van der Waals surface area contributed by atoms with Crippen LogP contribution in [-0.2, 0) is 9.53 Å². The van der Waals surface area contributed by atoms with Crippen molar-refractivity contribution in [3.05, 3.63) is 66.2 Å². The molecular weight excluding hydrogens is 294 g/mol. The Labute approximate surface area is 134 Å². The number of methoxy groups -OCH3 is 1. The Morgan fingerprint density at radius 3 is 2.26 bits per heavy atom. The zero-order valence-electron chi connectivity index (χ0n) is 12.9. The van der Waals surface area contributed by atoms with Crippen molar-refractivity contribution in [2.24, 2.45) is 0 Å². The average Bonchev–Trinajstić information content (AvgIpc) is 2.60. The minimum Gasteiger partial charge on any atom is -0.466 e. The summed E-state index contributed by atoms with van der Waals surface area (Å²) >= 11 is 0. The fraction of sp³-hybridized carbons (Fsp3) is 0.111. The molecule has 0 fully saturated rings. The van der Waals surface area contributed by atoms with Crippen LogP contribution in [0.3, 0.4) is 0 Å². The molecule has 0 heterocycles. The van der Waals surface area contributed by atoms with Gasteiger partial charge in [-0.15, -0.1) is 0 Å². The molecule has 2 rings (SSSR count). The number of carbonyl (C=O) groups excluding carboxylic acids is 2. The number of anilines is 1. The van der Waals surface area contributed by atoms with Gasteiger partial charge in [0.25, 0.3) is 0 Å². The molecule has 0 N–H and O–H groups in total. The summed E-state index contributed by atoms with van der Waals surface area (Å²) in [5.41, 5.74) is 1.54. The van der Waals surface area contributed by atoms with Gasteiger partial charge in [0.1, 0.15) is 5.75 Å². The van der Waals surface area contributed by atoms with Gasteiger partial charge in [0.2, 0.25) is 0 Å². The second-order valence-electron chi connectivity index (χ2n) is 4.69. The second kappa shape index (κ2) is 7.79. The molecule has 1 amide bonds. The van der Waals surface area contributed by atoms with E-state index >= 15 is 0 Å². The van der Waals surface area contributed by atoms with Gasteiger partial charge >= 0.3 is 12.1 Å². The normalized spacial score (nSPS) is 10.3. The maximum absolute atomic E-state index is 12.1. The molecule has 0 radical (unpaired) electrons. The molecule has 0 aliphatic carbocycles. The molecule has 5 heteroatoms. The van der Waals surface area contributed by atoms with Crippen LogP contribution in [0.4, 0.5) is 10.5 Å². The standard InChI is InChI=1S/C18H17NO4/c1-19(15-6-4-3-5-7-15)18(21)23-16-11-8-14(9-12-16)10-13-17(20)22-2/h3-13H,1-2H3. The van der Waals surface area contributed by atoms with Crippen molar-refractivity contribution in [1.29, 1.82) is 0 Å². The van der Waals surface area contributed by atoms with Gasteiger partial charge in [0.05, 0.1) is 7.11 Å². The van der Waals surface area contributed by atoms with E-state index < -0.39 is 12.1 Å². The highest BCUT2D eigenvalue weighted by atomic mass is 16.6. The third kappa shape index (κ3) is 4.71. The molecule has 5 nitrogen and oxygen atoms in total. The Kier molecular flexibility index (Phi) is 5.52. The van der Waals surface area contributed by atoms with E-state index in [0.29, 0.717) is 5.75 Å². The predicted octanol–water partition coefficient (Wildman–Crippen LogP) is 3.51. The summed E-state index contributed by atoms with van der Waals surface area (Å²) in [6, 6.07) is 16.0. The number of rotatable bonds is 4. The maximum atomic E-state index is 12.1. The summed E-state index contributed by atoms with van der Waals surface area (Å²) in [4.78, 5) is 24.5. The number of hydrogen-bond donors (Lipinski definition) is 0. The quantitative estimate of drug-likeness (QED) is 0.640. The fourth-order valence-corrected chi connectivity index (χ4v) is 1.81. The molecule has 2 aromatic carbocycles. The fourth-order valence-electron chi connectivity index (χ4n) is 1.81. The van der Waals surface area contributed by atoms with Crippen LogP contribution in [0.2, 0.25) is 0 Å². The first kappa shape index (κ1) is 16.3. The third-order valence-corrected chi connectivity index (χ3v) is 3.12. The van der Waals surface area contributed by atoms with Crippen LogP contribution in [0, 0.1) is 0 Å². The molecule has 118 valence electrons. The van der Waals surface area contributed by atoms with Crippen LogP contribution in [0.15, 0.2) is 60.7 Å². The zero-order valence-corrected chi connectivity index (χ0v) is 12.9. The lowest BCUT2D eigenvalue weighted by molar-refractivity contribution is -0.134. The van der Waals surface area contributed by atoms with E-state index in [1.54, 1.807) is 37.4 Å². The van der Waals surface area contributed by atoms with E-state index in [0.717, 1.165) is 11.3 Å². The Hall–Kier alpha value is -3.08. The van der Waals surface area contributed by atoms with Gasteiger partial charge in [-0.3, -0.25) is 4.90 Å². The van der Waals surface area contributed by atoms with Crippen molar-refractivity contribution in [2.45, 2.75) is 0 Å². The van der Waals surface area contributed by atoms with Crippen LogP contribution < -0.4 is 9.64 Å². The van der Waals surface area contributed by atoms with Gasteiger partial charge < -0.3 is 9.47 Å². The lowest BCUT2D eigenvalue weighted by atomic mass is 10.2. The van der Waals surface area contributed by atoms with Crippen LogP contribution >= 0.6 is 0 Å². The Morgan fingerprint density at radius 1 is 1.00 bits per heavy atom. The number of para-hydroxylation sites is 1. The minimum absolute atomic E-state index is 0.424. The summed E-state index contributed by atoms with van der Waals surface area (Å²) in [5, 5.41) is 0. The SMILES string of the molecule is COC(=O)C=Cc1ccc(OC(=O)N(C)c2ccccc2)cc1. The summed E-state index contributed by atoms with van der Waals surface area (Å²) in [7, 11) is 2.96. The highest BCUT2D eigenvalue weighted by molar-refractivity contribution is 5.88.